The number of hydrogen-bond acceptors (Lipinski definition) is 4. The molecule has 0 aromatic heterocycles. The molecule has 0 aliphatic rings. The van der Waals surface area contributed by atoms with Gasteiger partial charge in [-0.05, 0) is 43.0 Å². The molecule has 1 rings (SSSR count). The summed E-state index contributed by atoms with van der Waals surface area (Å²) in [5.41, 5.74) is 0.965. The minimum atomic E-state index is -2.15. The predicted molar refractivity (Wildman–Crippen MR) is 145 cm³/mol. The van der Waals surface area contributed by atoms with E-state index in [0.29, 0.717) is 12.8 Å². The van der Waals surface area contributed by atoms with Crippen molar-refractivity contribution in [2.45, 2.75) is 142 Å². The lowest BCUT2D eigenvalue weighted by Gasteiger charge is -2.38. The molecule has 2 atom stereocenters. The molecule has 0 fully saturated rings. The highest BCUT2D eigenvalue weighted by atomic mass is 28.4. The number of aliphatic hydroxyl groups excluding tert-OH is 1. The van der Waals surface area contributed by atoms with E-state index in [-0.39, 0.29) is 17.6 Å². The number of benzene rings is 1. The molecule has 0 spiro atoms. The van der Waals surface area contributed by atoms with Crippen molar-refractivity contribution in [3.63, 3.8) is 0 Å². The van der Waals surface area contributed by atoms with Crippen molar-refractivity contribution < 1.29 is 19.1 Å². The van der Waals surface area contributed by atoms with Gasteiger partial charge in [-0.2, -0.15) is 0 Å². The van der Waals surface area contributed by atoms with Crippen LogP contribution >= 0.6 is 0 Å². The third-order valence-electron chi connectivity index (χ3n) is 7.13. The van der Waals surface area contributed by atoms with Gasteiger partial charge in [0.1, 0.15) is 12.7 Å². The van der Waals surface area contributed by atoms with Gasteiger partial charge in [0.2, 0.25) is 0 Å². The summed E-state index contributed by atoms with van der Waals surface area (Å²) in [5.74, 6) is -0.316. The van der Waals surface area contributed by atoms with Crippen LogP contribution in [0.5, 0.6) is 0 Å². The van der Waals surface area contributed by atoms with Gasteiger partial charge in [-0.15, -0.1) is 0 Å². The lowest BCUT2D eigenvalue weighted by molar-refractivity contribution is -0.154. The zero-order chi connectivity index (χ0) is 25.5. The second-order valence-corrected chi connectivity index (χ2v) is 16.1. The van der Waals surface area contributed by atoms with Crippen LogP contribution < -0.4 is 0 Å². The molecule has 0 aliphatic carbocycles. The predicted octanol–water partition coefficient (Wildman–Crippen LogP) is 8.18. The van der Waals surface area contributed by atoms with E-state index in [2.05, 4.69) is 40.8 Å². The average Bonchev–Trinajstić information content (AvgIpc) is 2.79. The number of unbranched alkanes of at least 4 members (excludes halogenated alkanes) is 8. The van der Waals surface area contributed by atoms with E-state index in [9.17, 15) is 9.90 Å². The first kappa shape index (κ1) is 30.9. The molecule has 0 heterocycles. The third-order valence-corrected chi connectivity index (χ3v) is 11.6. The maximum absolute atomic E-state index is 13.0. The number of carbonyl (C=O) groups excluding carboxylic acids is 1. The molecule has 0 bridgehead atoms. The van der Waals surface area contributed by atoms with Crippen molar-refractivity contribution in [2.75, 3.05) is 0 Å². The quantitative estimate of drug-likeness (QED) is 0.127. The average molecular weight is 493 g/mol. The first-order valence-corrected chi connectivity index (χ1v) is 16.5. The summed E-state index contributed by atoms with van der Waals surface area (Å²) < 4.78 is 12.1. The van der Waals surface area contributed by atoms with Crippen molar-refractivity contribution in [1.29, 1.82) is 0 Å². The molecule has 34 heavy (non-hydrogen) atoms. The summed E-state index contributed by atoms with van der Waals surface area (Å²) in [6.45, 7) is 13.3. The molecule has 0 saturated carbocycles. The van der Waals surface area contributed by atoms with E-state index in [1.165, 1.54) is 51.4 Å². The number of ether oxygens (including phenoxy) is 1. The maximum Gasteiger partial charge on any atom is 0.334 e. The van der Waals surface area contributed by atoms with Gasteiger partial charge in [0.05, 0.1) is 6.10 Å². The second kappa shape index (κ2) is 16.5. The maximum atomic E-state index is 13.0. The first-order chi connectivity index (χ1) is 16.1. The lowest BCUT2D eigenvalue weighted by atomic mass is 10.0. The Morgan fingerprint density at radius 2 is 1.44 bits per heavy atom. The minimum Gasteiger partial charge on any atom is -0.459 e. The summed E-state index contributed by atoms with van der Waals surface area (Å²) in [4.78, 5) is 13.0. The minimum absolute atomic E-state index is 0.000115. The van der Waals surface area contributed by atoms with Crippen molar-refractivity contribution in [3.8, 4) is 0 Å². The van der Waals surface area contributed by atoms with Gasteiger partial charge in [-0.3, -0.25) is 0 Å². The molecule has 196 valence electrons. The molecular formula is C29H52O4Si. The van der Waals surface area contributed by atoms with Gasteiger partial charge in [0.15, 0.2) is 8.32 Å². The van der Waals surface area contributed by atoms with E-state index < -0.39 is 20.5 Å². The van der Waals surface area contributed by atoms with Gasteiger partial charge < -0.3 is 14.3 Å². The summed E-state index contributed by atoms with van der Waals surface area (Å²) in [7, 11) is -2.15. The second-order valence-electron chi connectivity index (χ2n) is 11.3. The van der Waals surface area contributed by atoms with E-state index in [1.54, 1.807) is 0 Å². The molecule has 1 aromatic rings. The Morgan fingerprint density at radius 1 is 0.882 bits per heavy atom. The Labute approximate surface area is 211 Å². The zero-order valence-corrected chi connectivity index (χ0v) is 23.9. The van der Waals surface area contributed by atoms with Crippen LogP contribution in [0.1, 0.15) is 110 Å². The van der Waals surface area contributed by atoms with E-state index in [1.807, 2.05) is 30.3 Å². The van der Waals surface area contributed by atoms with E-state index in [0.717, 1.165) is 18.4 Å². The molecule has 4 nitrogen and oxygen atoms in total. The van der Waals surface area contributed by atoms with Crippen LogP contribution in [0.15, 0.2) is 30.3 Å². The van der Waals surface area contributed by atoms with Crippen LogP contribution in [-0.4, -0.2) is 31.6 Å². The normalized spacial score (nSPS) is 14.1. The summed E-state index contributed by atoms with van der Waals surface area (Å²) in [5, 5.41) is 10.5. The van der Waals surface area contributed by atoms with Gasteiger partial charge in [0.25, 0.3) is 0 Å². The summed E-state index contributed by atoms with van der Waals surface area (Å²) in [6, 6.07) is 9.73. The van der Waals surface area contributed by atoms with Gasteiger partial charge in [-0.25, -0.2) is 4.79 Å². The molecule has 1 aromatic carbocycles. The molecule has 0 unspecified atom stereocenters. The number of esters is 1. The Balaban J connectivity index is 2.47. The van der Waals surface area contributed by atoms with Crippen molar-refractivity contribution in [1.82, 2.24) is 0 Å². The van der Waals surface area contributed by atoms with Crippen LogP contribution in [0.3, 0.4) is 0 Å². The molecular weight excluding hydrogens is 440 g/mol. The first-order valence-electron chi connectivity index (χ1n) is 13.6. The molecule has 0 aliphatic heterocycles. The molecule has 0 amide bonds. The van der Waals surface area contributed by atoms with Crippen LogP contribution in [0.4, 0.5) is 0 Å². The molecule has 1 N–H and O–H groups in total. The monoisotopic (exact) mass is 492 g/mol. The zero-order valence-electron chi connectivity index (χ0n) is 22.9. The largest absolute Gasteiger partial charge is 0.459 e. The topological polar surface area (TPSA) is 55.8 Å². The fourth-order valence-corrected chi connectivity index (χ4v) is 5.04. The summed E-state index contributed by atoms with van der Waals surface area (Å²) in [6.07, 6.45) is 12.3. The van der Waals surface area contributed by atoms with Gasteiger partial charge in [-0.1, -0.05) is 116 Å². The van der Waals surface area contributed by atoms with Crippen molar-refractivity contribution in [2.24, 2.45) is 0 Å². The highest BCUT2D eigenvalue weighted by Gasteiger charge is 2.41. The fourth-order valence-electron chi connectivity index (χ4n) is 3.76. The Hall–Kier alpha value is -1.17. The highest BCUT2D eigenvalue weighted by Crippen LogP contribution is 2.38. The molecule has 5 heteroatoms. The van der Waals surface area contributed by atoms with Crippen LogP contribution in [-0.2, 0) is 20.6 Å². The van der Waals surface area contributed by atoms with Crippen LogP contribution in [0.25, 0.3) is 0 Å². The summed E-state index contributed by atoms with van der Waals surface area (Å²) >= 11 is 0. The Morgan fingerprint density at radius 3 is 2.00 bits per heavy atom. The molecule has 0 radical (unpaired) electrons. The Kier molecular flexibility index (Phi) is 15.0. The van der Waals surface area contributed by atoms with Gasteiger partial charge >= 0.3 is 5.97 Å². The highest BCUT2D eigenvalue weighted by molar-refractivity contribution is 6.74. The number of carbonyl (C=O) groups is 1. The third kappa shape index (κ3) is 13.1. The standard InChI is InChI=1S/C29H52O4Si/c1-7-8-9-10-11-12-13-14-18-21-26(30)22-23-27(33-34(5,6)29(2,3)4)28(31)32-24-25-19-16-15-17-20-25/h15-17,19-20,26-27,30H,7-14,18,21-24H2,1-6H3/t26-,27+/m1/s1. The lowest BCUT2D eigenvalue weighted by Crippen LogP contribution is -2.46. The van der Waals surface area contributed by atoms with Gasteiger partial charge in [0, 0.05) is 0 Å². The number of aliphatic hydroxyl groups is 1. The van der Waals surface area contributed by atoms with Crippen LogP contribution in [0, 0.1) is 0 Å². The van der Waals surface area contributed by atoms with E-state index >= 15 is 0 Å². The molecule has 0 saturated heterocycles. The van der Waals surface area contributed by atoms with E-state index in [4.69, 9.17) is 9.16 Å². The Bertz CT molecular complexity index is 654. The fraction of sp³-hybridized carbons (Fsp3) is 0.759. The number of hydrogen-bond donors (Lipinski definition) is 1. The SMILES string of the molecule is CCCCCCCCCCC[C@@H](O)CC[C@H](O[Si](C)(C)C(C)(C)C)C(=O)OCc1ccccc1. The van der Waals surface area contributed by atoms with Crippen LogP contribution in [0.2, 0.25) is 18.1 Å². The van der Waals surface area contributed by atoms with Crippen molar-refractivity contribution >= 4 is 14.3 Å². The smallest absolute Gasteiger partial charge is 0.334 e. The van der Waals surface area contributed by atoms with Crippen molar-refractivity contribution in [3.05, 3.63) is 35.9 Å². The number of rotatable bonds is 18.